The van der Waals surface area contributed by atoms with Crippen molar-refractivity contribution in [3.05, 3.63) is 10.6 Å². The highest BCUT2D eigenvalue weighted by atomic mass is 32.1. The van der Waals surface area contributed by atoms with Crippen molar-refractivity contribution in [2.75, 3.05) is 18.0 Å². The van der Waals surface area contributed by atoms with Crippen molar-refractivity contribution in [3.8, 4) is 0 Å². The standard InChI is InChI=1S/C15H24N2O2S/c1-5-15(6-2)7-8-17(9-15)14-16-11(10(3)4)12(20-14)13(18)19/h10H,5-9H2,1-4H3,(H,18,19). The lowest BCUT2D eigenvalue weighted by Gasteiger charge is -2.26. The van der Waals surface area contributed by atoms with Crippen LogP contribution in [0.25, 0.3) is 0 Å². The first-order valence-electron chi connectivity index (χ1n) is 7.41. The number of nitrogens with zero attached hydrogens (tertiary/aromatic N) is 2. The van der Waals surface area contributed by atoms with Crippen molar-refractivity contribution in [2.45, 2.75) is 52.9 Å². The molecule has 0 unspecified atom stereocenters. The Morgan fingerprint density at radius 1 is 1.45 bits per heavy atom. The summed E-state index contributed by atoms with van der Waals surface area (Å²) in [5, 5.41) is 10.2. The van der Waals surface area contributed by atoms with Crippen LogP contribution in [-0.4, -0.2) is 29.1 Å². The first-order chi connectivity index (χ1) is 9.42. The predicted octanol–water partition coefficient (Wildman–Crippen LogP) is 3.98. The lowest BCUT2D eigenvalue weighted by Crippen LogP contribution is -2.26. The number of aromatic nitrogens is 1. The summed E-state index contributed by atoms with van der Waals surface area (Å²) in [5.41, 5.74) is 1.11. The van der Waals surface area contributed by atoms with E-state index in [1.807, 2.05) is 13.8 Å². The van der Waals surface area contributed by atoms with Gasteiger partial charge in [-0.25, -0.2) is 9.78 Å². The number of carboxylic acid groups (broad SMARTS) is 1. The molecule has 20 heavy (non-hydrogen) atoms. The molecule has 0 aliphatic carbocycles. The van der Waals surface area contributed by atoms with Crippen molar-refractivity contribution in [1.82, 2.24) is 4.98 Å². The van der Waals surface area contributed by atoms with Gasteiger partial charge < -0.3 is 10.0 Å². The fourth-order valence-electron chi connectivity index (χ4n) is 2.93. The number of hydrogen-bond acceptors (Lipinski definition) is 4. The number of aromatic carboxylic acids is 1. The van der Waals surface area contributed by atoms with E-state index in [4.69, 9.17) is 0 Å². The molecular weight excluding hydrogens is 272 g/mol. The van der Waals surface area contributed by atoms with Crippen LogP contribution in [0.5, 0.6) is 0 Å². The van der Waals surface area contributed by atoms with Gasteiger partial charge in [-0.2, -0.15) is 0 Å². The zero-order chi connectivity index (χ0) is 14.9. The highest BCUT2D eigenvalue weighted by Gasteiger charge is 2.36. The van der Waals surface area contributed by atoms with Gasteiger partial charge in [0.2, 0.25) is 0 Å². The van der Waals surface area contributed by atoms with Gasteiger partial charge in [-0.15, -0.1) is 0 Å². The van der Waals surface area contributed by atoms with Gasteiger partial charge in [-0.1, -0.05) is 39.0 Å². The van der Waals surface area contributed by atoms with Crippen LogP contribution < -0.4 is 4.90 Å². The minimum absolute atomic E-state index is 0.149. The fourth-order valence-corrected chi connectivity index (χ4v) is 4.01. The molecule has 4 nitrogen and oxygen atoms in total. The Morgan fingerprint density at radius 3 is 2.50 bits per heavy atom. The molecule has 112 valence electrons. The summed E-state index contributed by atoms with van der Waals surface area (Å²) in [6.07, 6.45) is 3.53. The predicted molar refractivity (Wildman–Crippen MR) is 83.0 cm³/mol. The third-order valence-corrected chi connectivity index (χ3v) is 5.71. The van der Waals surface area contributed by atoms with E-state index in [9.17, 15) is 9.90 Å². The lowest BCUT2D eigenvalue weighted by molar-refractivity contribution is 0.0700. The quantitative estimate of drug-likeness (QED) is 0.893. The first-order valence-corrected chi connectivity index (χ1v) is 8.23. The molecule has 1 N–H and O–H groups in total. The van der Waals surface area contributed by atoms with Gasteiger partial charge >= 0.3 is 5.97 Å². The number of carboxylic acids is 1. The van der Waals surface area contributed by atoms with Crippen molar-refractivity contribution in [2.24, 2.45) is 5.41 Å². The van der Waals surface area contributed by atoms with Gasteiger partial charge in [0.15, 0.2) is 5.13 Å². The molecule has 5 heteroatoms. The lowest BCUT2D eigenvalue weighted by atomic mass is 9.82. The topological polar surface area (TPSA) is 53.4 Å². The van der Waals surface area contributed by atoms with E-state index in [1.54, 1.807) is 0 Å². The molecule has 1 saturated heterocycles. The molecule has 0 saturated carbocycles. The number of hydrogen-bond donors (Lipinski definition) is 1. The number of thiazole rings is 1. The molecule has 1 fully saturated rings. The molecule has 0 bridgehead atoms. The molecule has 0 spiro atoms. The SMILES string of the molecule is CCC1(CC)CCN(c2nc(C(C)C)c(C(=O)O)s2)C1. The molecule has 1 aromatic rings. The van der Waals surface area contributed by atoms with Gasteiger partial charge in [0.05, 0.1) is 5.69 Å². The summed E-state index contributed by atoms with van der Waals surface area (Å²) in [4.78, 5) is 18.6. The van der Waals surface area contributed by atoms with Crippen LogP contribution in [0.1, 0.15) is 68.2 Å². The molecule has 1 aromatic heterocycles. The molecule has 2 rings (SSSR count). The molecule has 0 amide bonds. The fraction of sp³-hybridized carbons (Fsp3) is 0.733. The Morgan fingerprint density at radius 2 is 2.10 bits per heavy atom. The maximum atomic E-state index is 11.3. The van der Waals surface area contributed by atoms with E-state index in [0.717, 1.165) is 23.9 Å². The Kier molecular flexibility index (Phi) is 4.37. The number of anilines is 1. The molecule has 0 radical (unpaired) electrons. The monoisotopic (exact) mass is 296 g/mol. The molecule has 0 aromatic carbocycles. The van der Waals surface area contributed by atoms with Gasteiger partial charge in [-0.05, 0) is 30.6 Å². The van der Waals surface area contributed by atoms with Crippen molar-refractivity contribution in [1.29, 1.82) is 0 Å². The molecule has 0 atom stereocenters. The third-order valence-electron chi connectivity index (χ3n) is 4.59. The zero-order valence-electron chi connectivity index (χ0n) is 12.8. The highest BCUT2D eigenvalue weighted by Crippen LogP contribution is 2.41. The van der Waals surface area contributed by atoms with Gasteiger partial charge in [0.25, 0.3) is 0 Å². The second kappa shape index (κ2) is 5.72. The van der Waals surface area contributed by atoms with Crippen LogP contribution in [0.2, 0.25) is 0 Å². The Balaban J connectivity index is 2.27. The van der Waals surface area contributed by atoms with E-state index in [-0.39, 0.29) is 5.92 Å². The van der Waals surface area contributed by atoms with Crippen molar-refractivity contribution < 1.29 is 9.90 Å². The Hall–Kier alpha value is -1.10. The summed E-state index contributed by atoms with van der Waals surface area (Å²) >= 11 is 1.33. The summed E-state index contributed by atoms with van der Waals surface area (Å²) in [5.74, 6) is -0.704. The minimum atomic E-state index is -0.853. The van der Waals surface area contributed by atoms with Crippen LogP contribution in [0.3, 0.4) is 0 Å². The van der Waals surface area contributed by atoms with E-state index >= 15 is 0 Å². The largest absolute Gasteiger partial charge is 0.477 e. The minimum Gasteiger partial charge on any atom is -0.477 e. The van der Waals surface area contributed by atoms with E-state index in [2.05, 4.69) is 23.7 Å². The maximum absolute atomic E-state index is 11.3. The van der Waals surface area contributed by atoms with Crippen LogP contribution in [0, 0.1) is 5.41 Å². The van der Waals surface area contributed by atoms with Crippen LogP contribution in [0.15, 0.2) is 0 Å². The Bertz CT molecular complexity index is 492. The smallest absolute Gasteiger partial charge is 0.347 e. The summed E-state index contributed by atoms with van der Waals surface area (Å²) < 4.78 is 0. The summed E-state index contributed by atoms with van der Waals surface area (Å²) in [6, 6.07) is 0. The highest BCUT2D eigenvalue weighted by molar-refractivity contribution is 7.17. The van der Waals surface area contributed by atoms with E-state index in [0.29, 0.717) is 10.3 Å². The second-order valence-corrected chi connectivity index (χ2v) is 7.03. The van der Waals surface area contributed by atoms with Crippen LogP contribution in [-0.2, 0) is 0 Å². The number of rotatable bonds is 5. The first kappa shape index (κ1) is 15.3. The van der Waals surface area contributed by atoms with Crippen LogP contribution >= 0.6 is 11.3 Å². The second-order valence-electron chi connectivity index (χ2n) is 6.05. The maximum Gasteiger partial charge on any atom is 0.347 e. The molecular formula is C15H24N2O2S. The van der Waals surface area contributed by atoms with Gasteiger partial charge in [-0.3, -0.25) is 0 Å². The molecule has 1 aliphatic rings. The van der Waals surface area contributed by atoms with Gasteiger partial charge in [0.1, 0.15) is 4.88 Å². The number of carbonyl (C=O) groups is 1. The zero-order valence-corrected chi connectivity index (χ0v) is 13.6. The summed E-state index contributed by atoms with van der Waals surface area (Å²) in [6.45, 7) is 10.5. The third kappa shape index (κ3) is 2.68. The van der Waals surface area contributed by atoms with Crippen molar-refractivity contribution >= 4 is 22.4 Å². The molecule has 1 aliphatic heterocycles. The van der Waals surface area contributed by atoms with Crippen molar-refractivity contribution in [3.63, 3.8) is 0 Å². The normalized spacial score (nSPS) is 17.9. The summed E-state index contributed by atoms with van der Waals surface area (Å²) in [7, 11) is 0. The van der Waals surface area contributed by atoms with Gasteiger partial charge in [0, 0.05) is 13.1 Å². The van der Waals surface area contributed by atoms with Crippen LogP contribution in [0.4, 0.5) is 5.13 Å². The average molecular weight is 296 g/mol. The van der Waals surface area contributed by atoms with E-state index < -0.39 is 5.97 Å². The Labute approximate surface area is 124 Å². The molecule has 2 heterocycles. The van der Waals surface area contributed by atoms with E-state index in [1.165, 1.54) is 30.6 Å². The average Bonchev–Trinajstić information content (AvgIpc) is 3.03.